The van der Waals surface area contributed by atoms with Crippen LogP contribution in [0.2, 0.25) is 0 Å². The fourth-order valence-corrected chi connectivity index (χ4v) is 3.00. The molecular weight excluding hydrogens is 302 g/mol. The molecule has 1 aromatic heterocycles. The van der Waals surface area contributed by atoms with Crippen LogP contribution in [0, 0.1) is 6.92 Å². The Morgan fingerprint density at radius 3 is 2.89 bits per heavy atom. The molecule has 1 heterocycles. The molecule has 2 N–H and O–H groups in total. The van der Waals surface area contributed by atoms with Crippen LogP contribution in [0.1, 0.15) is 36.3 Å². The lowest BCUT2D eigenvalue weighted by atomic mass is 10.0. The molecule has 0 saturated heterocycles. The van der Waals surface area contributed by atoms with Crippen molar-refractivity contribution in [2.24, 2.45) is 5.73 Å². The first kappa shape index (κ1) is 14.3. The first-order valence-electron chi connectivity index (χ1n) is 6.63. The summed E-state index contributed by atoms with van der Waals surface area (Å²) >= 11 is 3.59. The zero-order chi connectivity index (χ0) is 13.8. The highest BCUT2D eigenvalue weighted by molar-refractivity contribution is 9.10. The molecule has 0 bridgehead atoms. The topological polar surface area (TPSA) is 43.8 Å². The monoisotopic (exact) mass is 321 g/mol. The molecule has 0 fully saturated rings. The molecule has 1 unspecified atom stereocenters. The van der Waals surface area contributed by atoms with Crippen LogP contribution in [0.25, 0.3) is 0 Å². The van der Waals surface area contributed by atoms with E-state index in [1.54, 1.807) is 0 Å². The van der Waals surface area contributed by atoms with Gasteiger partial charge in [-0.1, -0.05) is 35.0 Å². The normalized spacial score (nSPS) is 12.6. The zero-order valence-corrected chi connectivity index (χ0v) is 13.0. The largest absolute Gasteiger partial charge is 0.335 e. The molecule has 0 radical (unpaired) electrons. The van der Waals surface area contributed by atoms with Gasteiger partial charge in [0, 0.05) is 35.9 Å². The second-order valence-corrected chi connectivity index (χ2v) is 5.73. The minimum atomic E-state index is -0.0343. The minimum absolute atomic E-state index is 0.0343. The molecule has 4 heteroatoms. The van der Waals surface area contributed by atoms with Gasteiger partial charge >= 0.3 is 0 Å². The number of rotatable bonds is 5. The number of nitrogens with zero attached hydrogens (tertiary/aromatic N) is 2. The molecule has 0 aliphatic rings. The lowest BCUT2D eigenvalue weighted by Gasteiger charge is -2.15. The van der Waals surface area contributed by atoms with Crippen molar-refractivity contribution in [2.45, 2.75) is 39.3 Å². The van der Waals surface area contributed by atoms with Gasteiger partial charge in [-0.15, -0.1) is 0 Å². The van der Waals surface area contributed by atoms with Gasteiger partial charge in [-0.25, -0.2) is 4.98 Å². The molecule has 0 spiro atoms. The second kappa shape index (κ2) is 6.35. The molecule has 0 saturated carbocycles. The van der Waals surface area contributed by atoms with E-state index in [1.807, 2.05) is 12.4 Å². The minimum Gasteiger partial charge on any atom is -0.335 e. The third-order valence-corrected chi connectivity index (χ3v) is 3.91. The van der Waals surface area contributed by atoms with Crippen LogP contribution in [0.4, 0.5) is 0 Å². The summed E-state index contributed by atoms with van der Waals surface area (Å²) in [5, 5.41) is 0. The Kier molecular flexibility index (Phi) is 4.77. The molecule has 1 aromatic carbocycles. The molecule has 2 rings (SSSR count). The Balaban J connectivity index is 2.16. The molecule has 19 heavy (non-hydrogen) atoms. The van der Waals surface area contributed by atoms with Crippen molar-refractivity contribution < 1.29 is 0 Å². The van der Waals surface area contributed by atoms with Gasteiger partial charge in [0.25, 0.3) is 0 Å². The third kappa shape index (κ3) is 3.45. The van der Waals surface area contributed by atoms with Gasteiger partial charge in [-0.2, -0.15) is 0 Å². The third-order valence-electron chi connectivity index (χ3n) is 3.22. The van der Waals surface area contributed by atoms with Crippen molar-refractivity contribution in [3.8, 4) is 0 Å². The van der Waals surface area contributed by atoms with Gasteiger partial charge in [0.2, 0.25) is 0 Å². The highest BCUT2D eigenvalue weighted by atomic mass is 79.9. The number of nitrogens with two attached hydrogens (primary N) is 1. The van der Waals surface area contributed by atoms with E-state index in [4.69, 9.17) is 5.73 Å². The van der Waals surface area contributed by atoms with Gasteiger partial charge in [-0.3, -0.25) is 0 Å². The Morgan fingerprint density at radius 1 is 1.42 bits per heavy atom. The lowest BCUT2D eigenvalue weighted by molar-refractivity contribution is 0.598. The van der Waals surface area contributed by atoms with Gasteiger partial charge in [0.05, 0.1) is 0 Å². The van der Waals surface area contributed by atoms with Crippen LogP contribution in [0.3, 0.4) is 0 Å². The number of benzene rings is 1. The summed E-state index contributed by atoms with van der Waals surface area (Å²) in [6.45, 7) is 5.24. The van der Waals surface area contributed by atoms with Crippen LogP contribution in [-0.2, 0) is 13.0 Å². The number of aromatic nitrogens is 2. The Hall–Kier alpha value is -1.13. The number of hydrogen-bond donors (Lipinski definition) is 1. The molecule has 1 atom stereocenters. The first-order chi connectivity index (χ1) is 9.11. The molecule has 2 aromatic rings. The molecule has 0 amide bonds. The predicted octanol–water partition coefficient (Wildman–Crippen LogP) is 3.61. The number of imidazole rings is 1. The van der Waals surface area contributed by atoms with Gasteiger partial charge in [0.15, 0.2) is 0 Å². The number of hydrogen-bond acceptors (Lipinski definition) is 2. The quantitative estimate of drug-likeness (QED) is 0.914. The maximum absolute atomic E-state index is 6.32. The van der Waals surface area contributed by atoms with Crippen molar-refractivity contribution in [3.05, 3.63) is 52.0 Å². The number of halogens is 1. The van der Waals surface area contributed by atoms with E-state index in [9.17, 15) is 0 Å². The fourth-order valence-electron chi connectivity index (χ4n) is 2.21. The van der Waals surface area contributed by atoms with E-state index in [0.717, 1.165) is 35.2 Å². The lowest BCUT2D eigenvalue weighted by Crippen LogP contribution is -2.17. The SMILES string of the molecule is CCCn1ccnc1CC(N)c1ccc(C)cc1Br. The van der Waals surface area contributed by atoms with Gasteiger partial charge in [0.1, 0.15) is 5.82 Å². The second-order valence-electron chi connectivity index (χ2n) is 4.87. The van der Waals surface area contributed by atoms with E-state index < -0.39 is 0 Å². The summed E-state index contributed by atoms with van der Waals surface area (Å²) < 4.78 is 3.26. The molecule has 3 nitrogen and oxygen atoms in total. The highest BCUT2D eigenvalue weighted by Gasteiger charge is 2.13. The maximum Gasteiger partial charge on any atom is 0.110 e. The summed E-state index contributed by atoms with van der Waals surface area (Å²) in [6, 6.07) is 6.26. The number of aryl methyl sites for hydroxylation is 2. The van der Waals surface area contributed by atoms with E-state index in [2.05, 4.69) is 57.5 Å². The van der Waals surface area contributed by atoms with Gasteiger partial charge < -0.3 is 10.3 Å². The van der Waals surface area contributed by atoms with Crippen molar-refractivity contribution in [1.82, 2.24) is 9.55 Å². The average Bonchev–Trinajstić information content (AvgIpc) is 2.77. The fraction of sp³-hybridized carbons (Fsp3) is 0.400. The summed E-state index contributed by atoms with van der Waals surface area (Å²) in [4.78, 5) is 4.42. The van der Waals surface area contributed by atoms with Gasteiger partial charge in [-0.05, 0) is 30.5 Å². The summed E-state index contributed by atoms with van der Waals surface area (Å²) in [5.74, 6) is 1.06. The first-order valence-corrected chi connectivity index (χ1v) is 7.42. The Bertz CT molecular complexity index is 548. The van der Waals surface area contributed by atoms with Crippen LogP contribution >= 0.6 is 15.9 Å². The van der Waals surface area contributed by atoms with E-state index in [-0.39, 0.29) is 6.04 Å². The predicted molar refractivity (Wildman–Crippen MR) is 82.0 cm³/mol. The molecular formula is C15H20BrN3. The Labute approximate surface area is 123 Å². The van der Waals surface area contributed by atoms with Crippen LogP contribution in [0.15, 0.2) is 35.1 Å². The molecule has 102 valence electrons. The maximum atomic E-state index is 6.32. The van der Waals surface area contributed by atoms with Crippen LogP contribution in [-0.4, -0.2) is 9.55 Å². The van der Waals surface area contributed by atoms with Crippen molar-refractivity contribution in [3.63, 3.8) is 0 Å². The standard InChI is InChI=1S/C15H20BrN3/c1-3-7-19-8-6-18-15(19)10-14(17)12-5-4-11(2)9-13(12)16/h4-6,8-9,14H,3,7,10,17H2,1-2H3. The molecule has 0 aliphatic carbocycles. The van der Waals surface area contributed by atoms with Crippen molar-refractivity contribution >= 4 is 15.9 Å². The zero-order valence-electron chi connectivity index (χ0n) is 11.4. The van der Waals surface area contributed by atoms with Crippen molar-refractivity contribution in [2.75, 3.05) is 0 Å². The highest BCUT2D eigenvalue weighted by Crippen LogP contribution is 2.25. The molecule has 0 aliphatic heterocycles. The Morgan fingerprint density at radius 2 is 2.21 bits per heavy atom. The van der Waals surface area contributed by atoms with Crippen LogP contribution < -0.4 is 5.73 Å². The van der Waals surface area contributed by atoms with E-state index >= 15 is 0 Å². The van der Waals surface area contributed by atoms with Crippen molar-refractivity contribution in [1.29, 1.82) is 0 Å². The summed E-state index contributed by atoms with van der Waals surface area (Å²) in [6.07, 6.45) is 5.74. The summed E-state index contributed by atoms with van der Waals surface area (Å²) in [7, 11) is 0. The van der Waals surface area contributed by atoms with Crippen LogP contribution in [0.5, 0.6) is 0 Å². The van der Waals surface area contributed by atoms with E-state index in [0.29, 0.717) is 0 Å². The average molecular weight is 322 g/mol. The van der Waals surface area contributed by atoms with E-state index in [1.165, 1.54) is 5.56 Å². The smallest absolute Gasteiger partial charge is 0.110 e. The summed E-state index contributed by atoms with van der Waals surface area (Å²) in [5.41, 5.74) is 8.69.